The molecule has 0 fully saturated rings. The van der Waals surface area contributed by atoms with Gasteiger partial charge in [-0.1, -0.05) is 12.1 Å². The molecule has 1 aliphatic rings. The number of rotatable bonds is 15. The fraction of sp³-hybridized carbons (Fsp3) is 0.444. The van der Waals surface area contributed by atoms with Crippen LogP contribution in [0.4, 0.5) is 11.5 Å². The summed E-state index contributed by atoms with van der Waals surface area (Å²) in [6, 6.07) is 11.6. The maximum absolute atomic E-state index is 13.2. The van der Waals surface area contributed by atoms with Gasteiger partial charge in [0.25, 0.3) is 5.91 Å². The Labute approximate surface area is 207 Å². The van der Waals surface area contributed by atoms with Crippen molar-refractivity contribution < 1.29 is 4.79 Å². The molecule has 0 spiro atoms. The minimum atomic E-state index is 0.0724. The largest absolute Gasteiger partial charge is 0.384 e. The van der Waals surface area contributed by atoms with E-state index >= 15 is 0 Å². The van der Waals surface area contributed by atoms with E-state index in [4.69, 9.17) is 11.5 Å². The first-order valence-corrected chi connectivity index (χ1v) is 12.8. The van der Waals surface area contributed by atoms with Crippen molar-refractivity contribution in [1.29, 1.82) is 0 Å². The molecule has 0 saturated heterocycles. The Morgan fingerprint density at radius 2 is 1.54 bits per heavy atom. The summed E-state index contributed by atoms with van der Waals surface area (Å²) in [6.07, 6.45) is 8.26. The number of anilines is 2. The van der Waals surface area contributed by atoms with E-state index in [2.05, 4.69) is 20.6 Å². The summed E-state index contributed by atoms with van der Waals surface area (Å²) in [6.45, 7) is 5.63. The number of nitrogen functional groups attached to an aromatic ring is 1. The lowest BCUT2D eigenvalue weighted by atomic mass is 10.00. The van der Waals surface area contributed by atoms with E-state index in [9.17, 15) is 4.79 Å². The second-order valence-electron chi connectivity index (χ2n) is 9.03. The number of benzene rings is 2. The van der Waals surface area contributed by atoms with E-state index in [1.54, 1.807) is 12.3 Å². The standard InChI is InChI=1S/C27H37N7O/c28-13-1-2-14-30-15-3-4-16-31-17-5-6-19-34-23-11-10-21(26-32-18-12-24(29)33-26)20-8-7-9-22(25(20)23)27(34)35/h7-12,18,30-31H,1-6,13-17,19,28H2,(H2,29,32,33). The molecule has 35 heavy (non-hydrogen) atoms. The molecular weight excluding hydrogens is 438 g/mol. The van der Waals surface area contributed by atoms with E-state index in [0.717, 1.165) is 86.0 Å². The van der Waals surface area contributed by atoms with Gasteiger partial charge in [-0.25, -0.2) is 9.97 Å². The quantitative estimate of drug-likeness (QED) is 0.249. The van der Waals surface area contributed by atoms with Gasteiger partial charge in [-0.3, -0.25) is 4.79 Å². The highest BCUT2D eigenvalue weighted by atomic mass is 16.2. The molecule has 1 aliphatic heterocycles. The average molecular weight is 476 g/mol. The van der Waals surface area contributed by atoms with Crippen molar-refractivity contribution in [1.82, 2.24) is 20.6 Å². The topological polar surface area (TPSA) is 122 Å². The summed E-state index contributed by atoms with van der Waals surface area (Å²) >= 11 is 0. The molecule has 0 unspecified atom stereocenters. The van der Waals surface area contributed by atoms with Gasteiger partial charge < -0.3 is 27.0 Å². The fourth-order valence-corrected chi connectivity index (χ4v) is 4.63. The van der Waals surface area contributed by atoms with Crippen LogP contribution in [-0.4, -0.2) is 55.1 Å². The van der Waals surface area contributed by atoms with Gasteiger partial charge in [0.1, 0.15) is 5.82 Å². The van der Waals surface area contributed by atoms with Crippen LogP contribution >= 0.6 is 0 Å². The molecule has 0 atom stereocenters. The molecule has 0 aliphatic carbocycles. The monoisotopic (exact) mass is 475 g/mol. The number of nitrogens with one attached hydrogen (secondary N) is 2. The molecule has 0 saturated carbocycles. The van der Waals surface area contributed by atoms with Crippen LogP contribution in [-0.2, 0) is 0 Å². The van der Waals surface area contributed by atoms with E-state index in [0.29, 0.717) is 18.2 Å². The molecule has 3 aromatic rings. The van der Waals surface area contributed by atoms with Gasteiger partial charge in [0.05, 0.1) is 5.69 Å². The molecule has 2 aromatic carbocycles. The molecule has 0 radical (unpaired) electrons. The van der Waals surface area contributed by atoms with E-state index in [-0.39, 0.29) is 5.91 Å². The van der Waals surface area contributed by atoms with Crippen LogP contribution in [0.1, 0.15) is 48.9 Å². The summed E-state index contributed by atoms with van der Waals surface area (Å²) in [7, 11) is 0. The second-order valence-corrected chi connectivity index (χ2v) is 9.03. The van der Waals surface area contributed by atoms with Crippen molar-refractivity contribution in [2.24, 2.45) is 5.73 Å². The smallest absolute Gasteiger partial charge is 0.258 e. The minimum Gasteiger partial charge on any atom is -0.384 e. The number of carbonyl (C=O) groups is 1. The molecule has 4 rings (SSSR count). The Morgan fingerprint density at radius 3 is 2.26 bits per heavy atom. The van der Waals surface area contributed by atoms with Gasteiger partial charge in [-0.15, -0.1) is 0 Å². The van der Waals surface area contributed by atoms with Crippen LogP contribution in [0, 0.1) is 0 Å². The first-order chi connectivity index (χ1) is 17.2. The van der Waals surface area contributed by atoms with Gasteiger partial charge in [-0.05, 0) is 101 Å². The van der Waals surface area contributed by atoms with Crippen LogP contribution in [0.15, 0.2) is 42.6 Å². The molecule has 186 valence electrons. The molecule has 1 amide bonds. The molecule has 6 N–H and O–H groups in total. The summed E-state index contributed by atoms with van der Waals surface area (Å²) in [4.78, 5) is 23.9. The molecule has 8 heteroatoms. The zero-order chi connectivity index (χ0) is 24.5. The van der Waals surface area contributed by atoms with Crippen LogP contribution in [0.3, 0.4) is 0 Å². The average Bonchev–Trinajstić information content (AvgIpc) is 3.14. The first-order valence-electron chi connectivity index (χ1n) is 12.8. The lowest BCUT2D eigenvalue weighted by Gasteiger charge is -2.18. The van der Waals surface area contributed by atoms with Gasteiger partial charge in [0.2, 0.25) is 0 Å². The molecule has 8 nitrogen and oxygen atoms in total. The molecule has 2 heterocycles. The van der Waals surface area contributed by atoms with E-state index in [1.165, 1.54) is 12.8 Å². The summed E-state index contributed by atoms with van der Waals surface area (Å²) in [5, 5.41) is 8.96. The number of aromatic nitrogens is 2. The predicted molar refractivity (Wildman–Crippen MR) is 144 cm³/mol. The van der Waals surface area contributed by atoms with Gasteiger partial charge >= 0.3 is 0 Å². The highest BCUT2D eigenvalue weighted by Gasteiger charge is 2.30. The van der Waals surface area contributed by atoms with Crippen molar-refractivity contribution >= 4 is 28.2 Å². The third kappa shape index (κ3) is 6.14. The molecular formula is C27H37N7O. The maximum Gasteiger partial charge on any atom is 0.258 e. The third-order valence-electron chi connectivity index (χ3n) is 6.45. The number of carbonyl (C=O) groups excluding carboxylic acids is 1. The van der Waals surface area contributed by atoms with E-state index in [1.807, 2.05) is 35.2 Å². The van der Waals surface area contributed by atoms with Crippen molar-refractivity contribution in [3.63, 3.8) is 0 Å². The Morgan fingerprint density at radius 1 is 0.829 bits per heavy atom. The Kier molecular flexibility index (Phi) is 9.00. The number of amides is 1. The van der Waals surface area contributed by atoms with Gasteiger partial charge in [-0.2, -0.15) is 0 Å². The lowest BCUT2D eigenvalue weighted by molar-refractivity contribution is 0.0992. The summed E-state index contributed by atoms with van der Waals surface area (Å²) in [5.41, 5.74) is 14.0. The van der Waals surface area contributed by atoms with E-state index < -0.39 is 0 Å². The number of nitrogens with two attached hydrogens (primary N) is 2. The minimum absolute atomic E-state index is 0.0724. The highest BCUT2D eigenvalue weighted by Crippen LogP contribution is 2.41. The fourth-order valence-electron chi connectivity index (χ4n) is 4.63. The second kappa shape index (κ2) is 12.6. The Hall–Kier alpha value is -3.07. The van der Waals surface area contributed by atoms with Crippen LogP contribution in [0.5, 0.6) is 0 Å². The number of hydrogen-bond acceptors (Lipinski definition) is 7. The van der Waals surface area contributed by atoms with Crippen molar-refractivity contribution in [3.05, 3.63) is 48.2 Å². The maximum atomic E-state index is 13.2. The zero-order valence-electron chi connectivity index (χ0n) is 20.4. The van der Waals surface area contributed by atoms with Gasteiger partial charge in [0, 0.05) is 29.3 Å². The molecule has 1 aromatic heterocycles. The Bertz CT molecular complexity index is 1130. The number of unbranched alkanes of at least 4 members (excludes halogenated alkanes) is 3. The van der Waals surface area contributed by atoms with Crippen molar-refractivity contribution in [2.45, 2.75) is 38.5 Å². The predicted octanol–water partition coefficient (Wildman–Crippen LogP) is 3.32. The van der Waals surface area contributed by atoms with Crippen LogP contribution in [0.2, 0.25) is 0 Å². The molecule has 0 bridgehead atoms. The Balaban J connectivity index is 1.25. The lowest BCUT2D eigenvalue weighted by Crippen LogP contribution is -2.28. The van der Waals surface area contributed by atoms with Crippen LogP contribution in [0.25, 0.3) is 22.2 Å². The number of nitrogens with zero attached hydrogens (tertiary/aromatic N) is 3. The number of hydrogen-bond donors (Lipinski definition) is 4. The zero-order valence-corrected chi connectivity index (χ0v) is 20.4. The third-order valence-corrected chi connectivity index (χ3v) is 6.45. The highest BCUT2D eigenvalue weighted by molar-refractivity contribution is 6.26. The summed E-state index contributed by atoms with van der Waals surface area (Å²) < 4.78 is 0. The normalized spacial score (nSPS) is 12.7. The first kappa shape index (κ1) is 25.0. The van der Waals surface area contributed by atoms with Gasteiger partial charge in [0.15, 0.2) is 5.82 Å². The SMILES string of the molecule is NCCCCNCCCCNCCCCN1C(=O)c2cccc3c(-c4nccc(N)n4)ccc1c23. The summed E-state index contributed by atoms with van der Waals surface area (Å²) in [5.74, 6) is 1.08. The van der Waals surface area contributed by atoms with Crippen LogP contribution < -0.4 is 27.0 Å². The van der Waals surface area contributed by atoms with Crippen molar-refractivity contribution in [2.75, 3.05) is 49.9 Å². The van der Waals surface area contributed by atoms with Crippen molar-refractivity contribution in [3.8, 4) is 11.4 Å².